The topological polar surface area (TPSA) is 32.3 Å². The predicted octanol–water partition coefficient (Wildman–Crippen LogP) is 3.35. The number of hydrogen-bond donors (Lipinski definition) is 2. The van der Waals surface area contributed by atoms with Crippen LogP contribution in [0.5, 0.6) is 0 Å². The number of halogens is 2. The van der Waals surface area contributed by atoms with Gasteiger partial charge in [0.15, 0.2) is 0 Å². The maximum atomic E-state index is 9.53. The summed E-state index contributed by atoms with van der Waals surface area (Å²) in [5.74, 6) is 0. The van der Waals surface area contributed by atoms with Crippen molar-refractivity contribution < 1.29 is 5.11 Å². The highest BCUT2D eigenvalue weighted by atomic mass is 79.9. The number of rotatable bonds is 6. The second-order valence-electron chi connectivity index (χ2n) is 3.82. The number of hydrogen-bond acceptors (Lipinski definition) is 2. The molecule has 0 bridgehead atoms. The zero-order valence-corrected chi connectivity index (χ0v) is 11.7. The summed E-state index contributed by atoms with van der Waals surface area (Å²) in [7, 11) is 0. The highest BCUT2D eigenvalue weighted by Gasteiger charge is 2.02. The van der Waals surface area contributed by atoms with Crippen molar-refractivity contribution in [2.24, 2.45) is 0 Å². The lowest BCUT2D eigenvalue weighted by Crippen LogP contribution is -2.26. The van der Waals surface area contributed by atoms with Crippen LogP contribution >= 0.6 is 27.5 Å². The average molecular weight is 307 g/mol. The Bertz CT molecular complexity index is 333. The van der Waals surface area contributed by atoms with Crippen LogP contribution < -0.4 is 5.32 Å². The van der Waals surface area contributed by atoms with E-state index in [4.69, 9.17) is 11.6 Å². The largest absolute Gasteiger partial charge is 0.392 e. The SMILES string of the molecule is CCCC(O)CNCc1ccc(Br)c(Cl)c1. The van der Waals surface area contributed by atoms with Gasteiger partial charge in [-0.1, -0.05) is 31.0 Å². The van der Waals surface area contributed by atoms with Crippen molar-refractivity contribution in [1.29, 1.82) is 0 Å². The Morgan fingerprint density at radius 3 is 2.88 bits per heavy atom. The van der Waals surface area contributed by atoms with Gasteiger partial charge in [-0.15, -0.1) is 0 Å². The van der Waals surface area contributed by atoms with Crippen LogP contribution in [0.25, 0.3) is 0 Å². The van der Waals surface area contributed by atoms with E-state index < -0.39 is 0 Å². The average Bonchev–Trinajstić information content (AvgIpc) is 2.24. The lowest BCUT2D eigenvalue weighted by molar-refractivity contribution is 0.160. The van der Waals surface area contributed by atoms with E-state index in [1.807, 2.05) is 18.2 Å². The third-order valence-electron chi connectivity index (χ3n) is 2.31. The molecule has 1 rings (SSSR count). The molecule has 0 spiro atoms. The first-order chi connectivity index (χ1) is 7.63. The lowest BCUT2D eigenvalue weighted by Gasteiger charge is -2.10. The van der Waals surface area contributed by atoms with Gasteiger partial charge in [0.2, 0.25) is 0 Å². The minimum atomic E-state index is -0.254. The molecule has 0 aliphatic rings. The van der Waals surface area contributed by atoms with Gasteiger partial charge in [-0.2, -0.15) is 0 Å². The van der Waals surface area contributed by atoms with Crippen molar-refractivity contribution in [2.45, 2.75) is 32.4 Å². The number of nitrogens with one attached hydrogen (secondary N) is 1. The molecule has 1 unspecified atom stereocenters. The second-order valence-corrected chi connectivity index (χ2v) is 5.08. The molecule has 0 fully saturated rings. The van der Waals surface area contributed by atoms with Crippen LogP contribution in [-0.4, -0.2) is 17.8 Å². The van der Waals surface area contributed by atoms with E-state index >= 15 is 0 Å². The van der Waals surface area contributed by atoms with Crippen LogP contribution in [0.4, 0.5) is 0 Å². The van der Waals surface area contributed by atoms with E-state index in [-0.39, 0.29) is 6.10 Å². The van der Waals surface area contributed by atoms with Crippen LogP contribution in [0.15, 0.2) is 22.7 Å². The summed E-state index contributed by atoms with van der Waals surface area (Å²) in [6, 6.07) is 5.86. The Kier molecular flexibility index (Phi) is 6.36. The first-order valence-corrected chi connectivity index (χ1v) is 6.63. The van der Waals surface area contributed by atoms with Gasteiger partial charge in [-0.3, -0.25) is 0 Å². The van der Waals surface area contributed by atoms with Gasteiger partial charge in [0.25, 0.3) is 0 Å². The normalized spacial score (nSPS) is 12.8. The van der Waals surface area contributed by atoms with Crippen LogP contribution in [0.2, 0.25) is 5.02 Å². The Labute approximate surface area is 110 Å². The minimum absolute atomic E-state index is 0.254. The molecule has 0 aliphatic heterocycles. The highest BCUT2D eigenvalue weighted by Crippen LogP contribution is 2.22. The molecular weight excluding hydrogens is 289 g/mol. The van der Waals surface area contributed by atoms with E-state index in [1.165, 1.54) is 0 Å². The van der Waals surface area contributed by atoms with Crippen molar-refractivity contribution in [3.05, 3.63) is 33.3 Å². The monoisotopic (exact) mass is 305 g/mol. The molecule has 1 aromatic rings. The summed E-state index contributed by atoms with van der Waals surface area (Å²) in [4.78, 5) is 0. The summed E-state index contributed by atoms with van der Waals surface area (Å²) in [5.41, 5.74) is 1.12. The minimum Gasteiger partial charge on any atom is -0.392 e. The van der Waals surface area contributed by atoms with Gasteiger partial charge in [-0.05, 0) is 40.0 Å². The van der Waals surface area contributed by atoms with E-state index in [9.17, 15) is 5.11 Å². The summed E-state index contributed by atoms with van der Waals surface area (Å²) in [6.45, 7) is 3.42. The quantitative estimate of drug-likeness (QED) is 0.845. The Morgan fingerprint density at radius 1 is 1.50 bits per heavy atom. The fourth-order valence-corrected chi connectivity index (χ4v) is 1.92. The smallest absolute Gasteiger partial charge is 0.0664 e. The van der Waals surface area contributed by atoms with Crippen molar-refractivity contribution >= 4 is 27.5 Å². The van der Waals surface area contributed by atoms with E-state index in [0.29, 0.717) is 11.6 Å². The van der Waals surface area contributed by atoms with Crippen molar-refractivity contribution in [1.82, 2.24) is 5.32 Å². The fraction of sp³-hybridized carbons (Fsp3) is 0.500. The van der Waals surface area contributed by atoms with Gasteiger partial charge >= 0.3 is 0 Å². The van der Waals surface area contributed by atoms with Gasteiger partial charge in [0.1, 0.15) is 0 Å². The Morgan fingerprint density at radius 2 is 2.25 bits per heavy atom. The summed E-state index contributed by atoms with van der Waals surface area (Å²) in [6.07, 6.45) is 1.59. The molecule has 0 saturated heterocycles. The van der Waals surface area contributed by atoms with Gasteiger partial charge in [0.05, 0.1) is 11.1 Å². The first-order valence-electron chi connectivity index (χ1n) is 5.46. The molecule has 0 radical (unpaired) electrons. The molecule has 90 valence electrons. The van der Waals surface area contributed by atoms with E-state index in [2.05, 4.69) is 28.2 Å². The molecule has 1 aromatic carbocycles. The number of aliphatic hydroxyl groups excluding tert-OH is 1. The molecule has 2 nitrogen and oxygen atoms in total. The fourth-order valence-electron chi connectivity index (χ4n) is 1.47. The summed E-state index contributed by atoms with van der Waals surface area (Å²) < 4.78 is 0.906. The van der Waals surface area contributed by atoms with Crippen LogP contribution in [0.3, 0.4) is 0 Å². The van der Waals surface area contributed by atoms with Gasteiger partial charge in [-0.25, -0.2) is 0 Å². The molecule has 16 heavy (non-hydrogen) atoms. The molecule has 1 atom stereocenters. The predicted molar refractivity (Wildman–Crippen MR) is 71.8 cm³/mol. The number of benzene rings is 1. The molecule has 0 aromatic heterocycles. The molecule has 0 amide bonds. The maximum absolute atomic E-state index is 9.53. The van der Waals surface area contributed by atoms with E-state index in [0.717, 1.165) is 29.4 Å². The van der Waals surface area contributed by atoms with Crippen LogP contribution in [0.1, 0.15) is 25.3 Å². The van der Waals surface area contributed by atoms with Gasteiger partial charge < -0.3 is 10.4 Å². The Hall–Kier alpha value is -0.0900. The standard InChI is InChI=1S/C12H17BrClNO/c1-2-3-10(16)8-15-7-9-4-5-11(13)12(14)6-9/h4-6,10,15-16H,2-3,7-8H2,1H3. The third kappa shape index (κ3) is 4.83. The third-order valence-corrected chi connectivity index (χ3v) is 3.55. The van der Waals surface area contributed by atoms with E-state index in [1.54, 1.807) is 0 Å². The molecule has 0 aliphatic carbocycles. The summed E-state index contributed by atoms with van der Waals surface area (Å²) >= 11 is 9.33. The molecule has 0 heterocycles. The van der Waals surface area contributed by atoms with Gasteiger partial charge in [0, 0.05) is 17.6 Å². The summed E-state index contributed by atoms with van der Waals surface area (Å²) in [5, 5.41) is 13.5. The number of aliphatic hydroxyl groups is 1. The molecular formula is C12H17BrClNO. The molecule has 0 saturated carbocycles. The maximum Gasteiger partial charge on any atom is 0.0664 e. The zero-order chi connectivity index (χ0) is 12.0. The van der Waals surface area contributed by atoms with Crippen molar-refractivity contribution in [2.75, 3.05) is 6.54 Å². The first kappa shape index (κ1) is 14.0. The molecule has 2 N–H and O–H groups in total. The van der Waals surface area contributed by atoms with Crippen molar-refractivity contribution in [3.8, 4) is 0 Å². The van der Waals surface area contributed by atoms with Crippen molar-refractivity contribution in [3.63, 3.8) is 0 Å². The molecule has 4 heteroatoms. The van der Waals surface area contributed by atoms with Crippen LogP contribution in [-0.2, 0) is 6.54 Å². The highest BCUT2D eigenvalue weighted by molar-refractivity contribution is 9.10. The second kappa shape index (κ2) is 7.28. The Balaban J connectivity index is 2.34. The zero-order valence-electron chi connectivity index (χ0n) is 9.34. The van der Waals surface area contributed by atoms with Crippen LogP contribution in [0, 0.1) is 0 Å². The lowest BCUT2D eigenvalue weighted by atomic mass is 10.2.